The molecule has 4 rings (SSSR count). The van der Waals surface area contributed by atoms with Gasteiger partial charge in [-0.15, -0.1) is 0 Å². The van der Waals surface area contributed by atoms with Crippen LogP contribution in [0.3, 0.4) is 0 Å². The van der Waals surface area contributed by atoms with Crippen LogP contribution in [0.4, 0.5) is 10.6 Å². The summed E-state index contributed by atoms with van der Waals surface area (Å²) in [6.07, 6.45) is 0.674. The van der Waals surface area contributed by atoms with Crippen molar-refractivity contribution in [3.8, 4) is 0 Å². The fraction of sp³-hybridized carbons (Fsp3) is 0.400. The molecule has 26 heavy (non-hydrogen) atoms. The number of aromatic nitrogens is 1. The Morgan fingerprint density at radius 1 is 1.27 bits per heavy atom. The van der Waals surface area contributed by atoms with Crippen molar-refractivity contribution >= 4 is 27.8 Å². The monoisotopic (exact) mass is 415 g/mol. The molecular weight excluding hydrogens is 394 g/mol. The molecule has 2 aromatic rings. The highest BCUT2D eigenvalue weighted by Gasteiger charge is 2.40. The maximum Gasteiger partial charge on any atom is 0.411 e. The van der Waals surface area contributed by atoms with Gasteiger partial charge >= 0.3 is 6.09 Å². The van der Waals surface area contributed by atoms with Crippen LogP contribution in [0.1, 0.15) is 36.3 Å². The van der Waals surface area contributed by atoms with Crippen LogP contribution in [0.2, 0.25) is 0 Å². The van der Waals surface area contributed by atoms with E-state index in [4.69, 9.17) is 9.72 Å². The average Bonchev–Trinajstić information content (AvgIpc) is 2.84. The summed E-state index contributed by atoms with van der Waals surface area (Å²) in [7, 11) is 0. The second-order valence-corrected chi connectivity index (χ2v) is 7.88. The Kier molecular flexibility index (Phi) is 4.61. The number of amides is 1. The second kappa shape index (κ2) is 6.91. The summed E-state index contributed by atoms with van der Waals surface area (Å²) < 4.78 is 6.60. The Bertz CT molecular complexity index is 838. The topological polar surface area (TPSA) is 45.7 Å². The largest absolute Gasteiger partial charge is 0.439 e. The first kappa shape index (κ1) is 17.3. The average molecular weight is 416 g/mol. The quantitative estimate of drug-likeness (QED) is 0.739. The summed E-state index contributed by atoms with van der Waals surface area (Å²) in [5, 5.41) is 0. The molecule has 5 nitrogen and oxygen atoms in total. The van der Waals surface area contributed by atoms with Gasteiger partial charge in [-0.1, -0.05) is 29.8 Å². The first-order valence-electron chi connectivity index (χ1n) is 8.97. The van der Waals surface area contributed by atoms with Crippen LogP contribution in [0, 0.1) is 6.92 Å². The predicted molar refractivity (Wildman–Crippen MR) is 104 cm³/mol. The molecule has 2 atom stereocenters. The minimum absolute atomic E-state index is 0.0503. The number of rotatable bonds is 4. The third kappa shape index (κ3) is 3.18. The van der Waals surface area contributed by atoms with Crippen molar-refractivity contribution < 1.29 is 9.53 Å². The summed E-state index contributed by atoms with van der Waals surface area (Å²) in [5.41, 5.74) is 3.06. The Labute approximate surface area is 162 Å². The third-order valence-corrected chi connectivity index (χ3v) is 5.89. The Hall–Kier alpha value is -2.08. The van der Waals surface area contributed by atoms with Gasteiger partial charge in [0.25, 0.3) is 0 Å². The van der Waals surface area contributed by atoms with Crippen LogP contribution in [-0.4, -0.2) is 35.1 Å². The van der Waals surface area contributed by atoms with Gasteiger partial charge in [-0.3, -0.25) is 4.90 Å². The molecule has 2 aliphatic rings. The van der Waals surface area contributed by atoms with E-state index in [1.807, 2.05) is 44.2 Å². The van der Waals surface area contributed by atoms with Crippen LogP contribution < -0.4 is 4.90 Å². The number of aryl methyl sites for hydroxylation is 1. The Morgan fingerprint density at radius 2 is 2.08 bits per heavy atom. The van der Waals surface area contributed by atoms with Crippen molar-refractivity contribution in [3.05, 3.63) is 57.7 Å². The molecule has 6 heteroatoms. The molecule has 0 unspecified atom stereocenters. The molecule has 3 heterocycles. The van der Waals surface area contributed by atoms with Crippen molar-refractivity contribution in [2.24, 2.45) is 0 Å². The standard InChI is InChI=1S/C20H22BrN3O2/c1-13-5-3-6-15(11-13)19-14(2)24(20(25)26-19)12-17-16(21)7-8-18(22-17)23-9-4-10-23/h3,5-8,11,14,19H,4,9-10,12H2,1-2H3/t14-,19-/m0/s1. The molecule has 0 radical (unpaired) electrons. The maximum atomic E-state index is 12.5. The van der Waals surface area contributed by atoms with Crippen molar-refractivity contribution in [1.82, 2.24) is 9.88 Å². The van der Waals surface area contributed by atoms with Crippen LogP contribution in [-0.2, 0) is 11.3 Å². The number of hydrogen-bond donors (Lipinski definition) is 0. The summed E-state index contributed by atoms with van der Waals surface area (Å²) >= 11 is 3.58. The second-order valence-electron chi connectivity index (χ2n) is 7.03. The van der Waals surface area contributed by atoms with Gasteiger partial charge in [-0.25, -0.2) is 9.78 Å². The Balaban J connectivity index is 1.55. The minimum atomic E-state index is -0.285. The predicted octanol–water partition coefficient (Wildman–Crippen LogP) is 4.44. The van der Waals surface area contributed by atoms with Gasteiger partial charge in [0.05, 0.1) is 18.3 Å². The van der Waals surface area contributed by atoms with Gasteiger partial charge in [0.1, 0.15) is 11.9 Å². The van der Waals surface area contributed by atoms with E-state index in [9.17, 15) is 4.79 Å². The molecule has 1 aromatic carbocycles. The van der Waals surface area contributed by atoms with Crippen LogP contribution in [0.5, 0.6) is 0 Å². The number of hydrogen-bond acceptors (Lipinski definition) is 4. The van der Waals surface area contributed by atoms with E-state index >= 15 is 0 Å². The lowest BCUT2D eigenvalue weighted by Crippen LogP contribution is -2.38. The first-order valence-corrected chi connectivity index (χ1v) is 9.76. The number of ether oxygens (including phenoxy) is 1. The van der Waals surface area contributed by atoms with Gasteiger partial charge in [0, 0.05) is 17.6 Å². The van der Waals surface area contributed by atoms with Crippen LogP contribution in [0.15, 0.2) is 40.9 Å². The molecule has 0 spiro atoms. The lowest BCUT2D eigenvalue weighted by atomic mass is 10.0. The summed E-state index contributed by atoms with van der Waals surface area (Å²) in [6.45, 7) is 6.61. The third-order valence-electron chi connectivity index (χ3n) is 5.17. The molecule has 0 saturated carbocycles. The highest BCUT2D eigenvalue weighted by atomic mass is 79.9. The fourth-order valence-electron chi connectivity index (χ4n) is 3.47. The van der Waals surface area contributed by atoms with Crippen molar-refractivity contribution in [1.29, 1.82) is 0 Å². The Morgan fingerprint density at radius 3 is 2.77 bits per heavy atom. The van der Waals surface area contributed by atoms with Gasteiger partial charge in [-0.05, 0) is 53.9 Å². The minimum Gasteiger partial charge on any atom is -0.439 e. The molecule has 0 N–H and O–H groups in total. The molecule has 1 aromatic heterocycles. The van der Waals surface area contributed by atoms with Crippen molar-refractivity contribution in [2.75, 3.05) is 18.0 Å². The van der Waals surface area contributed by atoms with E-state index in [2.05, 4.69) is 26.9 Å². The lowest BCUT2D eigenvalue weighted by Gasteiger charge is -2.32. The van der Waals surface area contributed by atoms with E-state index < -0.39 is 0 Å². The van der Waals surface area contributed by atoms with Crippen LogP contribution >= 0.6 is 15.9 Å². The molecular formula is C20H22BrN3O2. The van der Waals surface area contributed by atoms with E-state index in [1.54, 1.807) is 4.90 Å². The lowest BCUT2D eigenvalue weighted by molar-refractivity contribution is 0.130. The number of anilines is 1. The zero-order valence-corrected chi connectivity index (χ0v) is 16.6. The zero-order chi connectivity index (χ0) is 18.3. The molecule has 136 valence electrons. The van der Waals surface area contributed by atoms with E-state index in [0.717, 1.165) is 40.2 Å². The van der Waals surface area contributed by atoms with Crippen molar-refractivity contribution in [2.45, 2.75) is 39.0 Å². The van der Waals surface area contributed by atoms with Gasteiger partial charge < -0.3 is 9.64 Å². The summed E-state index contributed by atoms with van der Waals surface area (Å²) in [6, 6.07) is 12.1. The van der Waals surface area contributed by atoms with Gasteiger partial charge in [0.15, 0.2) is 0 Å². The van der Waals surface area contributed by atoms with Crippen LogP contribution in [0.25, 0.3) is 0 Å². The normalized spacial score (nSPS) is 22.3. The van der Waals surface area contributed by atoms with E-state index in [-0.39, 0.29) is 18.2 Å². The highest BCUT2D eigenvalue weighted by molar-refractivity contribution is 9.10. The number of benzene rings is 1. The molecule has 2 saturated heterocycles. The first-order chi connectivity index (χ1) is 12.5. The zero-order valence-electron chi connectivity index (χ0n) is 15.0. The summed E-state index contributed by atoms with van der Waals surface area (Å²) in [4.78, 5) is 21.3. The SMILES string of the molecule is Cc1cccc([C@H]2OC(=O)N(Cc3nc(N4CCC4)ccc3Br)[C@H]2C)c1. The molecule has 1 amide bonds. The van der Waals surface area contributed by atoms with E-state index in [1.165, 1.54) is 6.42 Å². The number of cyclic esters (lactones) is 1. The number of carbonyl (C=O) groups excluding carboxylic acids is 1. The van der Waals surface area contributed by atoms with Gasteiger partial charge in [0.2, 0.25) is 0 Å². The molecule has 2 fully saturated rings. The number of nitrogens with zero attached hydrogens (tertiary/aromatic N) is 3. The number of pyridine rings is 1. The molecule has 0 aliphatic carbocycles. The maximum absolute atomic E-state index is 12.5. The number of halogens is 1. The highest BCUT2D eigenvalue weighted by Crippen LogP contribution is 2.34. The van der Waals surface area contributed by atoms with Gasteiger partial charge in [-0.2, -0.15) is 0 Å². The molecule has 0 bridgehead atoms. The summed E-state index contributed by atoms with van der Waals surface area (Å²) in [5.74, 6) is 0.977. The molecule has 2 aliphatic heterocycles. The smallest absolute Gasteiger partial charge is 0.411 e. The van der Waals surface area contributed by atoms with Crippen molar-refractivity contribution in [3.63, 3.8) is 0 Å². The number of carbonyl (C=O) groups is 1. The fourth-order valence-corrected chi connectivity index (χ4v) is 3.82. The van der Waals surface area contributed by atoms with E-state index in [0.29, 0.717) is 6.54 Å².